The maximum absolute atomic E-state index is 15.2. The van der Waals surface area contributed by atoms with Gasteiger partial charge in [0.2, 0.25) is 0 Å². The minimum Gasteiger partial charge on any atom is -0.633 e. The molecule has 450 valence electrons. The first-order valence-electron chi connectivity index (χ1n) is 29.3. The van der Waals surface area contributed by atoms with Crippen molar-refractivity contribution in [3.05, 3.63) is 29.5 Å². The van der Waals surface area contributed by atoms with E-state index in [4.69, 9.17) is 55.9 Å². The number of fused-ring (bicyclic) bond motifs is 3. The molecule has 0 N–H and O–H groups in total. The zero-order valence-corrected chi connectivity index (χ0v) is 56.1. The number of likely N-dealkylation sites (N-methyl/N-ethyl adjacent to an activating group) is 1. The molecular weight excluding hydrogens is 1030 g/mol. The molecule has 4 rings (SSSR count). The topological polar surface area (TPSA) is 151 Å². The lowest BCUT2D eigenvalue weighted by Gasteiger charge is -2.57. The number of quaternary nitrogens is 1. The van der Waals surface area contributed by atoms with Crippen LogP contribution in [-0.4, -0.2) is 162 Å². The monoisotopic (exact) mass is 1140 g/mol. The van der Waals surface area contributed by atoms with Crippen molar-refractivity contribution in [3.63, 3.8) is 0 Å². The molecule has 0 radical (unpaired) electrons. The molecule has 0 spiro atoms. The predicted molar refractivity (Wildman–Crippen MR) is 314 cm³/mol. The van der Waals surface area contributed by atoms with Gasteiger partial charge in [-0.15, -0.1) is 0 Å². The Morgan fingerprint density at radius 1 is 0.727 bits per heavy atom. The summed E-state index contributed by atoms with van der Waals surface area (Å²) in [7, 11) is -0.876. The maximum Gasteiger partial charge on any atom is 0.308 e. The number of methoxy groups -OCH3 is 2. The Bertz CT molecular complexity index is 1890. The average molecular weight is 1140 g/mol. The number of allylic oxidation sites excluding steroid dienone is 2. The lowest BCUT2D eigenvalue weighted by atomic mass is 9.83. The van der Waals surface area contributed by atoms with Crippen LogP contribution < -0.4 is 0 Å². The molecule has 4 aliphatic rings. The third-order valence-corrected chi connectivity index (χ3v) is 31.9. The largest absolute Gasteiger partial charge is 0.633 e. The van der Waals surface area contributed by atoms with Crippen LogP contribution in [0.15, 0.2) is 24.3 Å². The molecule has 15 nitrogen and oxygen atoms in total. The van der Waals surface area contributed by atoms with E-state index < -0.39 is 109 Å². The van der Waals surface area contributed by atoms with Crippen molar-refractivity contribution in [2.75, 3.05) is 34.9 Å². The molecule has 0 aliphatic carbocycles. The molecule has 18 heteroatoms. The Morgan fingerprint density at radius 2 is 1.32 bits per heavy atom. The molecule has 3 fully saturated rings. The van der Waals surface area contributed by atoms with Crippen LogP contribution in [0.25, 0.3) is 0 Å². The van der Waals surface area contributed by atoms with Gasteiger partial charge in [-0.2, -0.15) is 0 Å². The molecule has 1 unspecified atom stereocenters. The van der Waals surface area contributed by atoms with Gasteiger partial charge in [-0.05, 0) is 107 Å². The van der Waals surface area contributed by atoms with Gasteiger partial charge in [-0.1, -0.05) is 113 Å². The van der Waals surface area contributed by atoms with Crippen molar-refractivity contribution in [2.24, 2.45) is 11.8 Å². The van der Waals surface area contributed by atoms with Gasteiger partial charge in [0.25, 0.3) is 0 Å². The van der Waals surface area contributed by atoms with E-state index in [9.17, 15) is 4.79 Å². The number of rotatable bonds is 18. The Hall–Kier alpha value is -0.919. The molecule has 77 heavy (non-hydrogen) atoms. The van der Waals surface area contributed by atoms with E-state index >= 15 is 5.21 Å². The second kappa shape index (κ2) is 27.2. The summed E-state index contributed by atoms with van der Waals surface area (Å²) in [6.45, 7) is 46.3. The van der Waals surface area contributed by atoms with E-state index in [1.54, 1.807) is 28.3 Å². The summed E-state index contributed by atoms with van der Waals surface area (Å²) < 4.78 is 82.5. The van der Waals surface area contributed by atoms with Gasteiger partial charge < -0.3 is 65.8 Å². The quantitative estimate of drug-likeness (QED) is 0.0421. The van der Waals surface area contributed by atoms with Gasteiger partial charge in [0.15, 0.2) is 43.6 Å². The zero-order valence-electron chi connectivity index (χ0n) is 53.1. The number of cyclic esters (lactones) is 1. The second-order valence-electron chi connectivity index (χ2n) is 28.5. The number of ether oxygens (including phenoxy) is 9. The van der Waals surface area contributed by atoms with Crippen LogP contribution in [0.1, 0.15) is 155 Å². The second-order valence-corrected chi connectivity index (χ2v) is 42.7. The smallest absolute Gasteiger partial charge is 0.308 e. The van der Waals surface area contributed by atoms with E-state index in [-0.39, 0.29) is 51.7 Å². The third kappa shape index (κ3) is 18.0. The van der Waals surface area contributed by atoms with E-state index in [2.05, 4.69) is 128 Å². The fourth-order valence-electron chi connectivity index (χ4n) is 10.5. The molecule has 2 bridgehead atoms. The number of esters is 1. The molecule has 0 amide bonds. The van der Waals surface area contributed by atoms with Gasteiger partial charge >= 0.3 is 5.97 Å². The number of unbranched alkanes of at least 4 members (excludes halogenated alkanes) is 2. The van der Waals surface area contributed by atoms with Crippen LogP contribution in [0.2, 0.25) is 54.4 Å². The first-order chi connectivity index (χ1) is 35.2. The number of nitrogens with zero attached hydrogens (tertiary/aromatic N) is 1. The summed E-state index contributed by atoms with van der Waals surface area (Å²) in [5.41, 5.74) is -0.735. The molecule has 0 aromatic rings. The minimum atomic E-state index is -2.73. The fraction of sp³-hybridized carbons (Fsp3) is 0.915. The molecule has 0 aromatic heterocycles. The SMILES string of the molecule is CCCCCO[C@@H]1[C@@H](C)O[C@H](O[C@@H]2[C@@H]([N+](C)(C)[O-])[C@H](O[Si](C)(C)C(C)(C)C)[C@@H](O[C@H]3[C@H]4CC(O[Si](C)(C)C(C)(C)C)O[C@H](CC(=O)O[C@H](C)C/C=C/C=C/[C@H](O[Si](C)(C)C(C)(C)C)[C@H](C)C4)[C@@H]3OC)O[C@H]2C)C[C@]1(C)OC. The summed E-state index contributed by atoms with van der Waals surface area (Å²) in [5, 5.41) is 14.8. The third-order valence-electron chi connectivity index (χ3n) is 18.5. The molecule has 17 atom stereocenters. The van der Waals surface area contributed by atoms with Crippen LogP contribution in [-0.2, 0) is 60.7 Å². The summed E-state index contributed by atoms with van der Waals surface area (Å²) in [5.74, 6) is -0.748. The lowest BCUT2D eigenvalue weighted by Crippen LogP contribution is -2.71. The van der Waals surface area contributed by atoms with Crippen molar-refractivity contribution < 1.29 is 65.4 Å². The van der Waals surface area contributed by atoms with Crippen molar-refractivity contribution in [1.82, 2.24) is 0 Å². The minimum absolute atomic E-state index is 0.0329. The normalized spacial score (nSPS) is 37.0. The fourth-order valence-corrected chi connectivity index (χ4v) is 14.3. The molecule has 3 saturated heterocycles. The van der Waals surface area contributed by atoms with Crippen LogP contribution in [0, 0.1) is 17.0 Å². The van der Waals surface area contributed by atoms with E-state index in [1.165, 1.54) is 0 Å². The van der Waals surface area contributed by atoms with Crippen LogP contribution >= 0.6 is 0 Å². The highest BCUT2D eigenvalue weighted by Crippen LogP contribution is 2.47. The molecule has 0 aromatic carbocycles. The van der Waals surface area contributed by atoms with Crippen molar-refractivity contribution >= 4 is 30.9 Å². The summed E-state index contributed by atoms with van der Waals surface area (Å²) in [6, 6.07) is -0.859. The number of hydrogen-bond donors (Lipinski definition) is 0. The highest BCUT2D eigenvalue weighted by Gasteiger charge is 2.59. The Balaban J connectivity index is 1.94. The average Bonchev–Trinajstić information content (AvgIpc) is 3.39. The van der Waals surface area contributed by atoms with Crippen molar-refractivity contribution in [2.45, 2.75) is 301 Å². The molecule has 4 heterocycles. The molecular formula is C59H113NO14Si3. The number of carbonyl (C=O) groups excluding carboxylic acids is 1. The van der Waals surface area contributed by atoms with Gasteiger partial charge in [0.05, 0.1) is 56.6 Å². The van der Waals surface area contributed by atoms with E-state index in [0.717, 1.165) is 19.3 Å². The van der Waals surface area contributed by atoms with Crippen LogP contribution in [0.3, 0.4) is 0 Å². The predicted octanol–water partition coefficient (Wildman–Crippen LogP) is 13.0. The van der Waals surface area contributed by atoms with Crippen molar-refractivity contribution in [1.29, 1.82) is 0 Å². The highest BCUT2D eigenvalue weighted by molar-refractivity contribution is 6.75. The van der Waals surface area contributed by atoms with E-state index in [1.807, 2.05) is 39.8 Å². The van der Waals surface area contributed by atoms with Crippen LogP contribution in [0.5, 0.6) is 0 Å². The summed E-state index contributed by atoms with van der Waals surface area (Å²) in [6.07, 6.45) is 4.49. The summed E-state index contributed by atoms with van der Waals surface area (Å²) >= 11 is 0. The van der Waals surface area contributed by atoms with Crippen molar-refractivity contribution in [3.8, 4) is 0 Å². The number of hydrogen-bond acceptors (Lipinski definition) is 14. The number of carbonyl (C=O) groups is 1. The molecule has 0 saturated carbocycles. The van der Waals surface area contributed by atoms with Gasteiger partial charge in [-0.3, -0.25) is 4.79 Å². The maximum atomic E-state index is 15.2. The first kappa shape index (κ1) is 68.6. The van der Waals surface area contributed by atoms with Gasteiger partial charge in [0, 0.05) is 40.1 Å². The van der Waals surface area contributed by atoms with Crippen LogP contribution in [0.4, 0.5) is 0 Å². The number of hydroxylamine groups is 3. The summed E-state index contributed by atoms with van der Waals surface area (Å²) in [4.78, 5) is 14.2. The first-order valence-corrected chi connectivity index (χ1v) is 38.0. The Kier molecular flexibility index (Phi) is 24.2. The Morgan fingerprint density at radius 3 is 1.88 bits per heavy atom. The van der Waals surface area contributed by atoms with E-state index in [0.29, 0.717) is 32.3 Å². The standard InChI is InChI=1S/C59H113NO14Si3/c1-26-27-31-34-65-54-42(5)67-48(38-59(54,15)64-19)70-50-41(4)68-55(53(49(50)60(16,17)62)74-77(24,25)58(12,13)14)71-51-43-35-39(2)44(72-75(20,21)56(6,7)8)33-30-28-29-32-40(3)66-46(61)37-45(52(51)63-18)69-47(36-43)73-76(22,23)57(9,10)11/h28-30,33,39-45,47-55H,26-27,31-32,34-38H2,1-25H3/b29-28+,33-30+/t39-,40-,41+,42-,43-,44+,45-,47?,48-,49-,50+,51+,52+,53+,54-,55-,59+/m1/s1. The molecule has 4 aliphatic heterocycles. The lowest BCUT2D eigenvalue weighted by molar-refractivity contribution is -0.879. The van der Waals surface area contributed by atoms with Gasteiger partial charge in [-0.25, -0.2) is 0 Å². The highest BCUT2D eigenvalue weighted by atomic mass is 28.4. The Labute approximate surface area is 471 Å². The van der Waals surface area contributed by atoms with Gasteiger partial charge in [0.1, 0.15) is 36.7 Å². The zero-order chi connectivity index (χ0) is 58.5.